The summed E-state index contributed by atoms with van der Waals surface area (Å²) in [4.78, 5) is 10.6. The number of benzene rings is 1. The maximum absolute atomic E-state index is 10.9. The Morgan fingerprint density at radius 3 is 2.67 bits per heavy atom. The van der Waals surface area contributed by atoms with Crippen LogP contribution in [0.25, 0.3) is 0 Å². The Morgan fingerprint density at radius 1 is 1.33 bits per heavy atom. The highest BCUT2D eigenvalue weighted by Crippen LogP contribution is 2.26. The summed E-state index contributed by atoms with van der Waals surface area (Å²) < 4.78 is 5.29. The van der Waals surface area contributed by atoms with Gasteiger partial charge in [0.25, 0.3) is 5.69 Å². The standard InChI is InChI=1S/C13H18N2O3/c14-13(7-9-18-10-8-13)6-5-11-3-1-2-4-12(11)15(16)17/h1-4H,5-10,14H2. The third kappa shape index (κ3) is 3.05. The van der Waals surface area contributed by atoms with E-state index in [-0.39, 0.29) is 16.1 Å². The van der Waals surface area contributed by atoms with Gasteiger partial charge in [-0.25, -0.2) is 0 Å². The van der Waals surface area contributed by atoms with Gasteiger partial charge in [0.1, 0.15) is 0 Å². The zero-order valence-corrected chi connectivity index (χ0v) is 10.3. The number of nitro groups is 1. The second-order valence-electron chi connectivity index (χ2n) is 4.86. The summed E-state index contributed by atoms with van der Waals surface area (Å²) in [6.07, 6.45) is 3.07. The molecule has 2 rings (SSSR count). The molecule has 5 heteroatoms. The molecule has 98 valence electrons. The average Bonchev–Trinajstić information content (AvgIpc) is 2.38. The number of ether oxygens (including phenoxy) is 1. The topological polar surface area (TPSA) is 78.4 Å². The van der Waals surface area contributed by atoms with Crippen molar-refractivity contribution in [2.75, 3.05) is 13.2 Å². The first-order valence-electron chi connectivity index (χ1n) is 6.20. The first-order valence-corrected chi connectivity index (χ1v) is 6.20. The van der Waals surface area contributed by atoms with Gasteiger partial charge < -0.3 is 10.5 Å². The maximum Gasteiger partial charge on any atom is 0.272 e. The highest BCUT2D eigenvalue weighted by atomic mass is 16.6. The van der Waals surface area contributed by atoms with Crippen LogP contribution in [0.2, 0.25) is 0 Å². The van der Waals surface area contributed by atoms with E-state index in [1.165, 1.54) is 0 Å². The normalized spacial score (nSPS) is 18.5. The van der Waals surface area contributed by atoms with Crippen LogP contribution >= 0.6 is 0 Å². The van der Waals surface area contributed by atoms with E-state index in [1.54, 1.807) is 18.2 Å². The first-order chi connectivity index (χ1) is 8.61. The molecule has 1 saturated heterocycles. The SMILES string of the molecule is NC1(CCc2ccccc2[N+](=O)[O-])CCOCC1. The van der Waals surface area contributed by atoms with Crippen molar-refractivity contribution in [3.05, 3.63) is 39.9 Å². The van der Waals surface area contributed by atoms with Gasteiger partial charge in [-0.3, -0.25) is 10.1 Å². The minimum atomic E-state index is -0.331. The largest absolute Gasteiger partial charge is 0.381 e. The average molecular weight is 250 g/mol. The number of rotatable bonds is 4. The lowest BCUT2D eigenvalue weighted by Gasteiger charge is -2.33. The van der Waals surface area contributed by atoms with Gasteiger partial charge >= 0.3 is 0 Å². The van der Waals surface area contributed by atoms with Crippen LogP contribution in [-0.2, 0) is 11.2 Å². The smallest absolute Gasteiger partial charge is 0.272 e. The summed E-state index contributed by atoms with van der Waals surface area (Å²) in [7, 11) is 0. The van der Waals surface area contributed by atoms with Crippen molar-refractivity contribution in [3.8, 4) is 0 Å². The van der Waals surface area contributed by atoms with Crippen LogP contribution in [0.15, 0.2) is 24.3 Å². The Hall–Kier alpha value is -1.46. The zero-order valence-electron chi connectivity index (χ0n) is 10.3. The third-order valence-electron chi connectivity index (χ3n) is 3.57. The van der Waals surface area contributed by atoms with Crippen molar-refractivity contribution >= 4 is 5.69 Å². The van der Waals surface area contributed by atoms with Crippen molar-refractivity contribution in [1.29, 1.82) is 0 Å². The highest BCUT2D eigenvalue weighted by molar-refractivity contribution is 5.39. The van der Waals surface area contributed by atoms with Crippen LogP contribution < -0.4 is 5.73 Å². The van der Waals surface area contributed by atoms with E-state index in [4.69, 9.17) is 10.5 Å². The zero-order chi connectivity index (χ0) is 13.0. The van der Waals surface area contributed by atoms with E-state index in [2.05, 4.69) is 0 Å². The van der Waals surface area contributed by atoms with Gasteiger partial charge in [-0.1, -0.05) is 18.2 Å². The predicted molar refractivity (Wildman–Crippen MR) is 68.4 cm³/mol. The van der Waals surface area contributed by atoms with Crippen molar-refractivity contribution in [2.45, 2.75) is 31.2 Å². The Kier molecular flexibility index (Phi) is 3.93. The lowest BCUT2D eigenvalue weighted by molar-refractivity contribution is -0.385. The number of nitrogens with two attached hydrogens (primary N) is 1. The number of hydrogen-bond acceptors (Lipinski definition) is 4. The van der Waals surface area contributed by atoms with Gasteiger partial charge in [0, 0.05) is 30.4 Å². The quantitative estimate of drug-likeness (QED) is 0.655. The molecule has 0 aliphatic carbocycles. The molecule has 2 N–H and O–H groups in total. The van der Waals surface area contributed by atoms with Gasteiger partial charge in [0.2, 0.25) is 0 Å². The fourth-order valence-electron chi connectivity index (χ4n) is 2.31. The molecular formula is C13H18N2O3. The molecule has 0 atom stereocenters. The Balaban J connectivity index is 2.03. The van der Waals surface area contributed by atoms with Crippen LogP contribution in [0.5, 0.6) is 0 Å². The van der Waals surface area contributed by atoms with Crippen molar-refractivity contribution < 1.29 is 9.66 Å². The highest BCUT2D eigenvalue weighted by Gasteiger charge is 2.28. The van der Waals surface area contributed by atoms with Crippen molar-refractivity contribution in [2.24, 2.45) is 5.73 Å². The fraction of sp³-hybridized carbons (Fsp3) is 0.538. The van der Waals surface area contributed by atoms with Crippen LogP contribution in [0.4, 0.5) is 5.69 Å². The maximum atomic E-state index is 10.9. The molecule has 0 saturated carbocycles. The van der Waals surface area contributed by atoms with Crippen molar-refractivity contribution in [1.82, 2.24) is 0 Å². The minimum absolute atomic E-state index is 0.188. The Labute approximate surface area is 106 Å². The number of aryl methyl sites for hydroxylation is 1. The molecule has 18 heavy (non-hydrogen) atoms. The van der Waals surface area contributed by atoms with E-state index < -0.39 is 0 Å². The molecule has 0 bridgehead atoms. The molecule has 0 aromatic heterocycles. The molecule has 1 heterocycles. The third-order valence-corrected chi connectivity index (χ3v) is 3.57. The van der Waals surface area contributed by atoms with Crippen LogP contribution in [0.3, 0.4) is 0 Å². The molecule has 1 aliphatic heterocycles. The number of nitrogens with zero attached hydrogens (tertiary/aromatic N) is 1. The second kappa shape index (κ2) is 5.46. The van der Waals surface area contributed by atoms with E-state index in [1.807, 2.05) is 6.07 Å². The van der Waals surface area contributed by atoms with Crippen LogP contribution in [0.1, 0.15) is 24.8 Å². The van der Waals surface area contributed by atoms with E-state index in [0.29, 0.717) is 19.6 Å². The molecular weight excluding hydrogens is 232 g/mol. The molecule has 0 spiro atoms. The van der Waals surface area contributed by atoms with E-state index in [9.17, 15) is 10.1 Å². The molecule has 1 aromatic carbocycles. The number of hydrogen-bond donors (Lipinski definition) is 1. The summed E-state index contributed by atoms with van der Waals surface area (Å²) in [5.74, 6) is 0. The van der Waals surface area contributed by atoms with Gasteiger partial charge in [-0.05, 0) is 25.7 Å². The molecule has 0 unspecified atom stereocenters. The monoisotopic (exact) mass is 250 g/mol. The molecule has 1 aromatic rings. The Bertz CT molecular complexity index is 428. The van der Waals surface area contributed by atoms with E-state index >= 15 is 0 Å². The van der Waals surface area contributed by atoms with Gasteiger partial charge in [-0.2, -0.15) is 0 Å². The molecule has 1 fully saturated rings. The van der Waals surface area contributed by atoms with Crippen molar-refractivity contribution in [3.63, 3.8) is 0 Å². The molecule has 1 aliphatic rings. The van der Waals surface area contributed by atoms with Crippen LogP contribution in [0, 0.1) is 10.1 Å². The van der Waals surface area contributed by atoms with Gasteiger partial charge in [0.05, 0.1) is 4.92 Å². The van der Waals surface area contributed by atoms with Crippen LogP contribution in [-0.4, -0.2) is 23.7 Å². The summed E-state index contributed by atoms with van der Waals surface area (Å²) in [6, 6.07) is 6.87. The minimum Gasteiger partial charge on any atom is -0.381 e. The first kappa shape index (κ1) is 13.0. The van der Waals surface area contributed by atoms with Gasteiger partial charge in [0.15, 0.2) is 0 Å². The molecule has 5 nitrogen and oxygen atoms in total. The summed E-state index contributed by atoms with van der Waals surface area (Å²) >= 11 is 0. The van der Waals surface area contributed by atoms with Gasteiger partial charge in [-0.15, -0.1) is 0 Å². The number of para-hydroxylation sites is 1. The molecule has 0 amide bonds. The number of nitro benzene ring substituents is 1. The molecule has 0 radical (unpaired) electrons. The fourth-order valence-corrected chi connectivity index (χ4v) is 2.31. The predicted octanol–water partition coefficient (Wildman–Crippen LogP) is 2.04. The summed E-state index contributed by atoms with van der Waals surface area (Å²) in [5, 5.41) is 10.9. The summed E-state index contributed by atoms with van der Waals surface area (Å²) in [6.45, 7) is 1.38. The summed E-state index contributed by atoms with van der Waals surface area (Å²) in [5.41, 5.74) is 7.00. The second-order valence-corrected chi connectivity index (χ2v) is 4.86. The van der Waals surface area contributed by atoms with E-state index in [0.717, 1.165) is 24.8 Å². The lowest BCUT2D eigenvalue weighted by Crippen LogP contribution is -2.45. The lowest BCUT2D eigenvalue weighted by atomic mass is 9.85. The Morgan fingerprint density at radius 2 is 2.00 bits per heavy atom.